The smallest absolute Gasteiger partial charge is 0.0645 e. The van der Waals surface area contributed by atoms with Gasteiger partial charge in [0.2, 0.25) is 0 Å². The highest BCUT2D eigenvalue weighted by molar-refractivity contribution is 5.33. The molecule has 1 saturated heterocycles. The standard InChI is InChI=1S/C22H32N4O/c27-16-11-22-18-24(14-15-25(22)20-5-2-1-3-6-20)17-19-7-9-21(10-8-19)26-13-4-12-23-26/h4,7-10,12-13,20,22,27H,1-3,5-6,11,14-18H2/t22-/m1/s1. The molecule has 0 radical (unpaired) electrons. The Bertz CT molecular complexity index is 679. The predicted molar refractivity (Wildman–Crippen MR) is 108 cm³/mol. The van der Waals surface area contributed by atoms with E-state index in [0.717, 1.165) is 44.3 Å². The van der Waals surface area contributed by atoms with Crippen LogP contribution in [-0.2, 0) is 6.54 Å². The van der Waals surface area contributed by atoms with E-state index < -0.39 is 0 Å². The Balaban J connectivity index is 1.37. The predicted octanol–water partition coefficient (Wildman–Crippen LogP) is 3.07. The van der Waals surface area contributed by atoms with Gasteiger partial charge in [-0.25, -0.2) is 4.68 Å². The Labute approximate surface area is 162 Å². The van der Waals surface area contributed by atoms with E-state index in [1.807, 2.05) is 16.9 Å². The fourth-order valence-electron chi connectivity index (χ4n) is 4.81. The second-order valence-corrected chi connectivity index (χ2v) is 8.05. The third-order valence-corrected chi connectivity index (χ3v) is 6.23. The Morgan fingerprint density at radius 3 is 2.56 bits per heavy atom. The number of rotatable bonds is 6. The SMILES string of the molecule is OCC[C@@H]1CN(Cc2ccc(-n3cccn3)cc2)CCN1C1CCCCC1. The normalized spacial score (nSPS) is 22.9. The van der Waals surface area contributed by atoms with Crippen molar-refractivity contribution in [2.75, 3.05) is 26.2 Å². The summed E-state index contributed by atoms with van der Waals surface area (Å²) in [5.41, 5.74) is 2.45. The average molecular weight is 369 g/mol. The molecule has 1 atom stereocenters. The molecule has 0 unspecified atom stereocenters. The molecule has 2 fully saturated rings. The molecule has 2 heterocycles. The zero-order valence-corrected chi connectivity index (χ0v) is 16.2. The number of aliphatic hydroxyl groups excluding tert-OH is 1. The van der Waals surface area contributed by atoms with Crippen molar-refractivity contribution in [1.82, 2.24) is 19.6 Å². The molecule has 2 aromatic rings. The summed E-state index contributed by atoms with van der Waals surface area (Å²) in [5, 5.41) is 13.9. The van der Waals surface area contributed by atoms with Crippen LogP contribution in [0.1, 0.15) is 44.1 Å². The van der Waals surface area contributed by atoms with Gasteiger partial charge < -0.3 is 5.11 Å². The lowest BCUT2D eigenvalue weighted by Crippen LogP contribution is -2.56. The molecule has 1 aromatic heterocycles. The summed E-state index contributed by atoms with van der Waals surface area (Å²) in [7, 11) is 0. The first-order valence-corrected chi connectivity index (χ1v) is 10.5. The summed E-state index contributed by atoms with van der Waals surface area (Å²) in [4.78, 5) is 5.27. The summed E-state index contributed by atoms with van der Waals surface area (Å²) in [5.74, 6) is 0. The van der Waals surface area contributed by atoms with E-state index in [9.17, 15) is 5.11 Å². The van der Waals surface area contributed by atoms with Crippen LogP contribution in [0, 0.1) is 0 Å². The molecule has 5 heteroatoms. The monoisotopic (exact) mass is 368 g/mol. The molecule has 0 amide bonds. The third kappa shape index (κ3) is 4.60. The second kappa shape index (κ2) is 9.00. The molecule has 1 saturated carbocycles. The molecule has 0 bridgehead atoms. The van der Waals surface area contributed by atoms with Gasteiger partial charge in [0.1, 0.15) is 0 Å². The minimum absolute atomic E-state index is 0.292. The van der Waals surface area contributed by atoms with Gasteiger partial charge >= 0.3 is 0 Å². The summed E-state index contributed by atoms with van der Waals surface area (Å²) in [6, 6.07) is 11.9. The van der Waals surface area contributed by atoms with Crippen molar-refractivity contribution in [3.63, 3.8) is 0 Å². The maximum Gasteiger partial charge on any atom is 0.0645 e. The van der Waals surface area contributed by atoms with Crippen LogP contribution in [-0.4, -0.2) is 63.0 Å². The second-order valence-electron chi connectivity index (χ2n) is 8.05. The molecular weight excluding hydrogens is 336 g/mol. The van der Waals surface area contributed by atoms with Crippen molar-refractivity contribution in [1.29, 1.82) is 0 Å². The van der Waals surface area contributed by atoms with E-state index in [4.69, 9.17) is 0 Å². The highest BCUT2D eigenvalue weighted by Crippen LogP contribution is 2.27. The lowest BCUT2D eigenvalue weighted by Gasteiger charge is -2.46. The van der Waals surface area contributed by atoms with Crippen LogP contribution in [0.15, 0.2) is 42.7 Å². The van der Waals surface area contributed by atoms with Crippen LogP contribution in [0.3, 0.4) is 0 Å². The zero-order chi connectivity index (χ0) is 18.5. The van der Waals surface area contributed by atoms with E-state index in [-0.39, 0.29) is 0 Å². The van der Waals surface area contributed by atoms with Gasteiger partial charge in [-0.05, 0) is 43.0 Å². The van der Waals surface area contributed by atoms with Crippen molar-refractivity contribution in [2.24, 2.45) is 0 Å². The molecule has 1 aromatic carbocycles. The zero-order valence-electron chi connectivity index (χ0n) is 16.2. The topological polar surface area (TPSA) is 44.5 Å². The van der Waals surface area contributed by atoms with Gasteiger partial charge in [0, 0.05) is 57.3 Å². The van der Waals surface area contributed by atoms with Crippen LogP contribution in [0.25, 0.3) is 5.69 Å². The lowest BCUT2D eigenvalue weighted by molar-refractivity contribution is 0.0137. The molecular formula is C22H32N4O. The fourth-order valence-corrected chi connectivity index (χ4v) is 4.81. The Kier molecular flexibility index (Phi) is 6.22. The van der Waals surface area contributed by atoms with Gasteiger partial charge in [0.15, 0.2) is 0 Å². The molecule has 5 nitrogen and oxygen atoms in total. The number of aliphatic hydroxyl groups is 1. The largest absolute Gasteiger partial charge is 0.396 e. The van der Waals surface area contributed by atoms with E-state index in [1.165, 1.54) is 37.7 Å². The maximum atomic E-state index is 9.58. The molecule has 2 aliphatic rings. The number of hydrogen-bond acceptors (Lipinski definition) is 4. The molecule has 146 valence electrons. The summed E-state index contributed by atoms with van der Waals surface area (Å²) >= 11 is 0. The first kappa shape index (κ1) is 18.7. The molecule has 27 heavy (non-hydrogen) atoms. The quantitative estimate of drug-likeness (QED) is 0.851. The van der Waals surface area contributed by atoms with Crippen molar-refractivity contribution in [3.8, 4) is 5.69 Å². The van der Waals surface area contributed by atoms with Gasteiger partial charge in [-0.3, -0.25) is 9.80 Å². The number of nitrogens with zero attached hydrogens (tertiary/aromatic N) is 4. The average Bonchev–Trinajstić information content (AvgIpc) is 3.25. The van der Waals surface area contributed by atoms with Crippen molar-refractivity contribution in [2.45, 2.75) is 57.2 Å². The van der Waals surface area contributed by atoms with E-state index in [0.29, 0.717) is 12.6 Å². The van der Waals surface area contributed by atoms with Crippen LogP contribution < -0.4 is 0 Å². The van der Waals surface area contributed by atoms with Gasteiger partial charge in [-0.15, -0.1) is 0 Å². The van der Waals surface area contributed by atoms with Crippen molar-refractivity contribution >= 4 is 0 Å². The van der Waals surface area contributed by atoms with Gasteiger partial charge in [0.05, 0.1) is 5.69 Å². The fraction of sp³-hybridized carbons (Fsp3) is 0.591. The Hall–Kier alpha value is -1.69. The first-order valence-electron chi connectivity index (χ1n) is 10.5. The van der Waals surface area contributed by atoms with Crippen LogP contribution in [0.2, 0.25) is 0 Å². The Morgan fingerprint density at radius 2 is 1.85 bits per heavy atom. The molecule has 1 aliphatic heterocycles. The van der Waals surface area contributed by atoms with Gasteiger partial charge in [-0.2, -0.15) is 5.10 Å². The van der Waals surface area contributed by atoms with Gasteiger partial charge in [0.25, 0.3) is 0 Å². The third-order valence-electron chi connectivity index (χ3n) is 6.23. The molecule has 1 aliphatic carbocycles. The van der Waals surface area contributed by atoms with Crippen molar-refractivity contribution in [3.05, 3.63) is 48.3 Å². The highest BCUT2D eigenvalue weighted by atomic mass is 16.3. The summed E-state index contributed by atoms with van der Waals surface area (Å²) < 4.78 is 1.89. The first-order chi connectivity index (χ1) is 13.3. The number of hydrogen-bond donors (Lipinski definition) is 1. The molecule has 1 N–H and O–H groups in total. The molecule has 0 spiro atoms. The summed E-state index contributed by atoms with van der Waals surface area (Å²) in [6.45, 7) is 4.61. The summed E-state index contributed by atoms with van der Waals surface area (Å²) in [6.07, 6.45) is 11.5. The Morgan fingerprint density at radius 1 is 1.04 bits per heavy atom. The minimum atomic E-state index is 0.292. The highest BCUT2D eigenvalue weighted by Gasteiger charge is 2.32. The van der Waals surface area contributed by atoms with Crippen LogP contribution in [0.5, 0.6) is 0 Å². The van der Waals surface area contributed by atoms with Gasteiger partial charge in [-0.1, -0.05) is 31.4 Å². The van der Waals surface area contributed by atoms with E-state index in [2.05, 4.69) is 39.2 Å². The lowest BCUT2D eigenvalue weighted by atomic mass is 9.91. The van der Waals surface area contributed by atoms with Crippen LogP contribution in [0.4, 0.5) is 0 Å². The number of aromatic nitrogens is 2. The molecule has 4 rings (SSSR count). The van der Waals surface area contributed by atoms with E-state index in [1.54, 1.807) is 6.20 Å². The number of benzene rings is 1. The van der Waals surface area contributed by atoms with Crippen molar-refractivity contribution < 1.29 is 5.11 Å². The van der Waals surface area contributed by atoms with E-state index >= 15 is 0 Å². The minimum Gasteiger partial charge on any atom is -0.396 e. The maximum absolute atomic E-state index is 9.58. The van der Waals surface area contributed by atoms with Crippen LogP contribution >= 0.6 is 0 Å². The number of piperazine rings is 1.